The lowest BCUT2D eigenvalue weighted by Crippen LogP contribution is -2.48. The highest BCUT2D eigenvalue weighted by atomic mass is 16.5. The van der Waals surface area contributed by atoms with Gasteiger partial charge in [0.05, 0.1) is 7.11 Å². The maximum atomic E-state index is 12.1. The molecule has 5 heteroatoms. The molecule has 0 spiro atoms. The van der Waals surface area contributed by atoms with Gasteiger partial charge in [0.25, 0.3) is 0 Å². The molecule has 2 aliphatic rings. The minimum Gasteiger partial charge on any atom is -0.497 e. The van der Waals surface area contributed by atoms with Crippen LogP contribution < -0.4 is 15.4 Å². The van der Waals surface area contributed by atoms with Gasteiger partial charge in [0.15, 0.2) is 0 Å². The second kappa shape index (κ2) is 8.49. The quantitative estimate of drug-likeness (QED) is 0.806. The molecular weight excluding hydrogens is 302 g/mol. The molecule has 1 amide bonds. The highest BCUT2D eigenvalue weighted by Gasteiger charge is 2.24. The van der Waals surface area contributed by atoms with Gasteiger partial charge in [-0.1, -0.05) is 6.42 Å². The molecule has 0 bridgehead atoms. The molecule has 1 heterocycles. The molecule has 5 nitrogen and oxygen atoms in total. The van der Waals surface area contributed by atoms with Gasteiger partial charge in [0, 0.05) is 30.7 Å². The van der Waals surface area contributed by atoms with Gasteiger partial charge >= 0.3 is 0 Å². The summed E-state index contributed by atoms with van der Waals surface area (Å²) in [4.78, 5) is 14.5. The second-order valence-electron chi connectivity index (χ2n) is 6.94. The van der Waals surface area contributed by atoms with E-state index >= 15 is 0 Å². The van der Waals surface area contributed by atoms with Crippen molar-refractivity contribution in [2.75, 3.05) is 32.1 Å². The van der Waals surface area contributed by atoms with Gasteiger partial charge in [0.1, 0.15) is 5.75 Å². The number of likely N-dealkylation sites (tertiary alicyclic amines) is 1. The van der Waals surface area contributed by atoms with Crippen LogP contribution in [-0.2, 0) is 4.79 Å². The Morgan fingerprint density at radius 1 is 1.12 bits per heavy atom. The average Bonchev–Trinajstić information content (AvgIpc) is 2.58. The summed E-state index contributed by atoms with van der Waals surface area (Å²) in [5.74, 6) is 0.876. The zero-order valence-electron chi connectivity index (χ0n) is 14.6. The number of carbonyl (C=O) groups is 1. The Morgan fingerprint density at radius 2 is 1.79 bits per heavy atom. The predicted molar refractivity (Wildman–Crippen MR) is 96.5 cm³/mol. The van der Waals surface area contributed by atoms with E-state index in [2.05, 4.69) is 15.5 Å². The molecule has 132 valence electrons. The first-order valence-electron chi connectivity index (χ1n) is 9.15. The van der Waals surface area contributed by atoms with Gasteiger partial charge in [-0.3, -0.25) is 4.79 Å². The van der Waals surface area contributed by atoms with E-state index in [1.54, 1.807) is 7.11 Å². The average molecular weight is 331 g/mol. The van der Waals surface area contributed by atoms with Gasteiger partial charge in [-0.25, -0.2) is 0 Å². The van der Waals surface area contributed by atoms with Crippen LogP contribution in [0.3, 0.4) is 0 Å². The molecule has 1 aliphatic carbocycles. The number of benzene rings is 1. The lowest BCUT2D eigenvalue weighted by Gasteiger charge is -2.37. The molecule has 1 aromatic rings. The number of anilines is 1. The molecule has 0 unspecified atom stereocenters. The zero-order chi connectivity index (χ0) is 16.8. The van der Waals surface area contributed by atoms with Crippen LogP contribution in [0.5, 0.6) is 5.75 Å². The largest absolute Gasteiger partial charge is 0.497 e. The summed E-state index contributed by atoms with van der Waals surface area (Å²) in [6, 6.07) is 8.91. The normalized spacial score (nSPS) is 19.7. The maximum Gasteiger partial charge on any atom is 0.225 e. The number of nitrogens with zero attached hydrogens (tertiary/aromatic N) is 1. The van der Waals surface area contributed by atoms with Crippen molar-refractivity contribution in [3.63, 3.8) is 0 Å². The first kappa shape index (κ1) is 17.2. The van der Waals surface area contributed by atoms with Crippen LogP contribution in [0.15, 0.2) is 24.3 Å². The van der Waals surface area contributed by atoms with E-state index in [4.69, 9.17) is 4.74 Å². The van der Waals surface area contributed by atoms with Crippen LogP contribution in [0.1, 0.15) is 38.5 Å². The Labute approximate surface area is 144 Å². The number of piperidine rings is 1. The van der Waals surface area contributed by atoms with Gasteiger partial charge in [-0.15, -0.1) is 0 Å². The summed E-state index contributed by atoms with van der Waals surface area (Å²) in [7, 11) is 1.64. The number of methoxy groups -OCH3 is 1. The van der Waals surface area contributed by atoms with Gasteiger partial charge < -0.3 is 20.3 Å². The molecule has 24 heavy (non-hydrogen) atoms. The Balaban J connectivity index is 1.32. The van der Waals surface area contributed by atoms with Crippen LogP contribution in [0.25, 0.3) is 0 Å². The predicted octanol–water partition coefficient (Wildman–Crippen LogP) is 2.63. The number of nitrogens with one attached hydrogen (secondary N) is 2. The minimum atomic E-state index is 0.0786. The van der Waals surface area contributed by atoms with Crippen LogP contribution in [0.2, 0.25) is 0 Å². The van der Waals surface area contributed by atoms with Crippen molar-refractivity contribution >= 4 is 11.6 Å². The summed E-state index contributed by atoms with van der Waals surface area (Å²) in [6.07, 6.45) is 7.05. The number of rotatable bonds is 7. The zero-order valence-corrected chi connectivity index (χ0v) is 14.6. The number of ether oxygens (including phenoxy) is 1. The van der Waals surface area contributed by atoms with E-state index in [1.165, 1.54) is 32.1 Å². The highest BCUT2D eigenvalue weighted by molar-refractivity contribution is 5.90. The van der Waals surface area contributed by atoms with Crippen LogP contribution in [0.4, 0.5) is 5.69 Å². The van der Waals surface area contributed by atoms with Crippen molar-refractivity contribution in [3.8, 4) is 5.75 Å². The lowest BCUT2D eigenvalue weighted by atomic mass is 9.91. The Bertz CT molecular complexity index is 520. The van der Waals surface area contributed by atoms with Crippen molar-refractivity contribution in [3.05, 3.63) is 24.3 Å². The molecule has 0 aromatic heterocycles. The lowest BCUT2D eigenvalue weighted by molar-refractivity contribution is -0.116. The SMILES string of the molecule is COc1ccc(NC(=O)CCN2CCC(NC3CCC3)CC2)cc1. The third kappa shape index (κ3) is 4.95. The van der Waals surface area contributed by atoms with Crippen LogP contribution in [0, 0.1) is 0 Å². The summed E-state index contributed by atoms with van der Waals surface area (Å²) in [5, 5.41) is 6.72. The van der Waals surface area contributed by atoms with E-state index in [-0.39, 0.29) is 5.91 Å². The fraction of sp³-hybridized carbons (Fsp3) is 0.632. The van der Waals surface area contributed by atoms with E-state index in [0.717, 1.165) is 37.1 Å². The van der Waals surface area contributed by atoms with Gasteiger partial charge in [-0.05, 0) is 63.0 Å². The standard InChI is InChI=1S/C19H29N3O2/c1-24-18-7-5-16(6-8-18)21-19(23)11-14-22-12-9-17(10-13-22)20-15-3-2-4-15/h5-8,15,17,20H,2-4,9-14H2,1H3,(H,21,23). The summed E-state index contributed by atoms with van der Waals surface area (Å²) < 4.78 is 5.12. The summed E-state index contributed by atoms with van der Waals surface area (Å²) >= 11 is 0. The smallest absolute Gasteiger partial charge is 0.225 e. The van der Waals surface area contributed by atoms with E-state index in [1.807, 2.05) is 24.3 Å². The van der Waals surface area contributed by atoms with Crippen molar-refractivity contribution in [2.45, 2.75) is 50.6 Å². The minimum absolute atomic E-state index is 0.0786. The van der Waals surface area contributed by atoms with Crippen molar-refractivity contribution in [1.29, 1.82) is 0 Å². The molecule has 3 rings (SSSR count). The summed E-state index contributed by atoms with van der Waals surface area (Å²) in [6.45, 7) is 3.04. The molecule has 0 radical (unpaired) electrons. The molecule has 0 atom stereocenters. The maximum absolute atomic E-state index is 12.1. The number of hydrogen-bond acceptors (Lipinski definition) is 4. The van der Waals surface area contributed by atoms with Gasteiger partial charge in [-0.2, -0.15) is 0 Å². The van der Waals surface area contributed by atoms with E-state index < -0.39 is 0 Å². The molecular formula is C19H29N3O2. The topological polar surface area (TPSA) is 53.6 Å². The highest BCUT2D eigenvalue weighted by Crippen LogP contribution is 2.21. The number of amides is 1. The van der Waals surface area contributed by atoms with Crippen molar-refractivity contribution < 1.29 is 9.53 Å². The van der Waals surface area contributed by atoms with Crippen molar-refractivity contribution in [1.82, 2.24) is 10.2 Å². The molecule has 1 saturated heterocycles. The summed E-state index contributed by atoms with van der Waals surface area (Å²) in [5.41, 5.74) is 0.823. The first-order chi connectivity index (χ1) is 11.7. The Morgan fingerprint density at radius 3 is 2.38 bits per heavy atom. The monoisotopic (exact) mass is 331 g/mol. The fourth-order valence-electron chi connectivity index (χ4n) is 3.39. The molecule has 2 fully saturated rings. The van der Waals surface area contributed by atoms with E-state index in [0.29, 0.717) is 12.5 Å². The molecule has 1 aliphatic heterocycles. The van der Waals surface area contributed by atoms with Crippen LogP contribution in [-0.4, -0.2) is 49.6 Å². The van der Waals surface area contributed by atoms with Gasteiger partial charge in [0.2, 0.25) is 5.91 Å². The molecule has 1 aromatic carbocycles. The Kier molecular flexibility index (Phi) is 6.10. The number of carbonyl (C=O) groups excluding carboxylic acids is 1. The Hall–Kier alpha value is -1.59. The van der Waals surface area contributed by atoms with Crippen LogP contribution >= 0.6 is 0 Å². The van der Waals surface area contributed by atoms with E-state index in [9.17, 15) is 4.79 Å². The second-order valence-corrected chi connectivity index (χ2v) is 6.94. The third-order valence-electron chi connectivity index (χ3n) is 5.19. The fourth-order valence-corrected chi connectivity index (χ4v) is 3.39. The molecule has 2 N–H and O–H groups in total. The third-order valence-corrected chi connectivity index (χ3v) is 5.19. The molecule has 1 saturated carbocycles. The number of hydrogen-bond donors (Lipinski definition) is 2. The van der Waals surface area contributed by atoms with Crippen molar-refractivity contribution in [2.24, 2.45) is 0 Å². The first-order valence-corrected chi connectivity index (χ1v) is 9.15.